The van der Waals surface area contributed by atoms with Gasteiger partial charge in [0.2, 0.25) is 0 Å². The number of aliphatic carboxylic acids is 1. The Kier molecular flexibility index (Phi) is 8.57. The molecule has 1 aromatic carbocycles. The Balaban J connectivity index is 2.13. The Labute approximate surface area is 173 Å². The van der Waals surface area contributed by atoms with Gasteiger partial charge in [-0.3, -0.25) is 4.79 Å². The van der Waals surface area contributed by atoms with Crippen molar-refractivity contribution in [1.82, 2.24) is 5.32 Å². The van der Waals surface area contributed by atoms with Gasteiger partial charge in [0.25, 0.3) is 5.91 Å². The highest BCUT2D eigenvalue weighted by molar-refractivity contribution is 7.98. The number of carbonyl (C=O) groups is 2. The Bertz CT molecular complexity index is 910. The van der Waals surface area contributed by atoms with Gasteiger partial charge in [-0.05, 0) is 55.9 Å². The van der Waals surface area contributed by atoms with Crippen molar-refractivity contribution in [3.63, 3.8) is 0 Å². The SMILES string of the molecule is CCCCc1cc(=O)oc2cc(O[C@H](C)C(=O)N[C@@H](CCSC)C(=O)[O-])ccc12. The summed E-state index contributed by atoms with van der Waals surface area (Å²) in [6.07, 6.45) is 3.94. The molecule has 0 unspecified atom stereocenters. The Hall–Kier alpha value is -2.48. The van der Waals surface area contributed by atoms with Crippen molar-refractivity contribution in [1.29, 1.82) is 0 Å². The van der Waals surface area contributed by atoms with Gasteiger partial charge >= 0.3 is 5.63 Å². The maximum Gasteiger partial charge on any atom is 0.336 e. The second-order valence-electron chi connectivity index (χ2n) is 6.77. The van der Waals surface area contributed by atoms with Crippen molar-refractivity contribution in [2.75, 3.05) is 12.0 Å². The second kappa shape index (κ2) is 10.9. The summed E-state index contributed by atoms with van der Waals surface area (Å²) in [6, 6.07) is 5.50. The highest BCUT2D eigenvalue weighted by atomic mass is 32.2. The van der Waals surface area contributed by atoms with Gasteiger partial charge in [-0.1, -0.05) is 13.3 Å². The van der Waals surface area contributed by atoms with E-state index in [4.69, 9.17) is 9.15 Å². The van der Waals surface area contributed by atoms with E-state index < -0.39 is 29.6 Å². The first-order valence-electron chi connectivity index (χ1n) is 9.59. The topological polar surface area (TPSA) is 109 Å². The molecule has 1 amide bonds. The number of benzene rings is 1. The van der Waals surface area contributed by atoms with Crippen molar-refractivity contribution >= 4 is 34.6 Å². The number of nitrogens with one attached hydrogen (secondary N) is 1. The van der Waals surface area contributed by atoms with Crippen LogP contribution in [0.2, 0.25) is 0 Å². The Morgan fingerprint density at radius 2 is 2.07 bits per heavy atom. The van der Waals surface area contributed by atoms with Gasteiger partial charge in [-0.15, -0.1) is 0 Å². The normalized spacial score (nSPS) is 13.1. The summed E-state index contributed by atoms with van der Waals surface area (Å²) >= 11 is 1.48. The third-order valence-corrected chi connectivity index (χ3v) is 5.14. The highest BCUT2D eigenvalue weighted by Gasteiger charge is 2.20. The van der Waals surface area contributed by atoms with E-state index in [1.807, 2.05) is 6.26 Å². The van der Waals surface area contributed by atoms with Crippen LogP contribution in [-0.4, -0.2) is 36.0 Å². The van der Waals surface area contributed by atoms with Crippen LogP contribution in [0, 0.1) is 0 Å². The van der Waals surface area contributed by atoms with Crippen LogP contribution in [-0.2, 0) is 16.0 Å². The molecule has 1 N–H and O–H groups in total. The zero-order chi connectivity index (χ0) is 21.4. The summed E-state index contributed by atoms with van der Waals surface area (Å²) in [5, 5.41) is 14.5. The van der Waals surface area contributed by atoms with Crippen LogP contribution in [0.4, 0.5) is 0 Å². The minimum absolute atomic E-state index is 0.267. The van der Waals surface area contributed by atoms with Crippen LogP contribution >= 0.6 is 11.8 Å². The van der Waals surface area contributed by atoms with Crippen molar-refractivity contribution < 1.29 is 23.8 Å². The number of carboxylic acids is 1. The summed E-state index contributed by atoms with van der Waals surface area (Å²) in [4.78, 5) is 35.3. The molecule has 0 fully saturated rings. The third-order valence-electron chi connectivity index (χ3n) is 4.50. The van der Waals surface area contributed by atoms with Crippen LogP contribution in [0.25, 0.3) is 11.0 Å². The molecule has 1 heterocycles. The number of carbonyl (C=O) groups excluding carboxylic acids is 2. The monoisotopic (exact) mass is 420 g/mol. The second-order valence-corrected chi connectivity index (χ2v) is 7.76. The number of carboxylic acid groups (broad SMARTS) is 1. The fourth-order valence-corrected chi connectivity index (χ4v) is 3.36. The minimum Gasteiger partial charge on any atom is -0.548 e. The molecule has 1 aromatic heterocycles. The van der Waals surface area contributed by atoms with E-state index in [0.717, 1.165) is 30.2 Å². The van der Waals surface area contributed by atoms with E-state index in [1.165, 1.54) is 24.8 Å². The Morgan fingerprint density at radius 3 is 2.72 bits per heavy atom. The summed E-state index contributed by atoms with van der Waals surface area (Å²) in [5.74, 6) is -0.951. The highest BCUT2D eigenvalue weighted by Crippen LogP contribution is 2.24. The van der Waals surface area contributed by atoms with Gasteiger partial charge in [0.05, 0.1) is 12.0 Å². The van der Waals surface area contributed by atoms with Gasteiger partial charge in [0.15, 0.2) is 6.10 Å². The van der Waals surface area contributed by atoms with Crippen molar-refractivity contribution in [3.05, 3.63) is 40.2 Å². The fraction of sp³-hybridized carbons (Fsp3) is 0.476. The number of hydrogen-bond acceptors (Lipinski definition) is 7. The van der Waals surface area contributed by atoms with Gasteiger partial charge in [-0.2, -0.15) is 11.8 Å². The number of unbranched alkanes of at least 4 members (excludes halogenated alkanes) is 1. The maximum atomic E-state index is 12.3. The number of aryl methyl sites for hydroxylation is 1. The molecule has 0 aliphatic carbocycles. The lowest BCUT2D eigenvalue weighted by atomic mass is 10.0. The number of thioether (sulfide) groups is 1. The first-order valence-corrected chi connectivity index (χ1v) is 11.0. The molecule has 0 aliphatic heterocycles. The Morgan fingerprint density at radius 1 is 1.31 bits per heavy atom. The van der Waals surface area contributed by atoms with Gasteiger partial charge < -0.3 is 24.4 Å². The molecule has 8 heteroatoms. The quantitative estimate of drug-likeness (QED) is 0.553. The number of amides is 1. The summed E-state index contributed by atoms with van der Waals surface area (Å²) in [6.45, 7) is 3.60. The lowest BCUT2D eigenvalue weighted by molar-refractivity contribution is -0.308. The molecule has 2 rings (SSSR count). The molecule has 7 nitrogen and oxygen atoms in total. The molecule has 2 aromatic rings. The number of fused-ring (bicyclic) bond motifs is 1. The van der Waals surface area contributed by atoms with E-state index in [-0.39, 0.29) is 6.42 Å². The van der Waals surface area contributed by atoms with E-state index in [2.05, 4.69) is 12.2 Å². The average molecular weight is 421 g/mol. The number of ether oxygens (including phenoxy) is 1. The van der Waals surface area contributed by atoms with Gasteiger partial charge in [0, 0.05) is 17.5 Å². The van der Waals surface area contributed by atoms with E-state index in [9.17, 15) is 19.5 Å². The zero-order valence-corrected chi connectivity index (χ0v) is 17.7. The average Bonchev–Trinajstić information content (AvgIpc) is 2.68. The maximum absolute atomic E-state index is 12.3. The molecule has 0 radical (unpaired) electrons. The van der Waals surface area contributed by atoms with E-state index >= 15 is 0 Å². The smallest absolute Gasteiger partial charge is 0.336 e. The standard InChI is InChI=1S/C21H27NO6S/c1-4-5-6-14-11-19(23)28-18-12-15(7-8-16(14)18)27-13(2)20(24)22-17(21(25)26)9-10-29-3/h7-8,11-13,17H,4-6,9-10H2,1-3H3,(H,22,24)(H,25,26)/p-1/t13-,17+/m1/s1. The molecule has 29 heavy (non-hydrogen) atoms. The summed E-state index contributed by atoms with van der Waals surface area (Å²) < 4.78 is 10.9. The number of rotatable bonds is 11. The van der Waals surface area contributed by atoms with Crippen LogP contribution in [0.15, 0.2) is 33.5 Å². The first-order chi connectivity index (χ1) is 13.8. The first kappa shape index (κ1) is 22.8. The summed E-state index contributed by atoms with van der Waals surface area (Å²) in [7, 11) is 0. The fourth-order valence-electron chi connectivity index (χ4n) is 2.89. The predicted molar refractivity (Wildman–Crippen MR) is 111 cm³/mol. The largest absolute Gasteiger partial charge is 0.548 e. The molecule has 0 saturated carbocycles. The minimum atomic E-state index is -1.33. The predicted octanol–water partition coefficient (Wildman–Crippen LogP) is 1.89. The van der Waals surface area contributed by atoms with Crippen LogP contribution in [0.3, 0.4) is 0 Å². The third kappa shape index (κ3) is 6.52. The molecule has 0 aliphatic rings. The van der Waals surface area contributed by atoms with Gasteiger partial charge in [0.1, 0.15) is 11.3 Å². The van der Waals surface area contributed by atoms with Gasteiger partial charge in [-0.25, -0.2) is 4.79 Å². The summed E-state index contributed by atoms with van der Waals surface area (Å²) in [5.41, 5.74) is 0.875. The zero-order valence-electron chi connectivity index (χ0n) is 16.9. The molecular formula is C21H26NO6S-. The van der Waals surface area contributed by atoms with Crippen LogP contribution in [0.5, 0.6) is 5.75 Å². The van der Waals surface area contributed by atoms with E-state index in [0.29, 0.717) is 17.1 Å². The molecule has 158 valence electrons. The molecular weight excluding hydrogens is 394 g/mol. The lowest BCUT2D eigenvalue weighted by Crippen LogP contribution is -2.51. The lowest BCUT2D eigenvalue weighted by Gasteiger charge is -2.22. The van der Waals surface area contributed by atoms with Crippen molar-refractivity contribution in [2.45, 2.75) is 51.7 Å². The van der Waals surface area contributed by atoms with Crippen LogP contribution in [0.1, 0.15) is 38.7 Å². The number of hydrogen-bond donors (Lipinski definition) is 1. The van der Waals surface area contributed by atoms with E-state index in [1.54, 1.807) is 18.2 Å². The molecule has 2 atom stereocenters. The molecule has 0 bridgehead atoms. The molecule has 0 saturated heterocycles. The van der Waals surface area contributed by atoms with Crippen LogP contribution < -0.4 is 20.8 Å². The van der Waals surface area contributed by atoms with Crippen molar-refractivity contribution in [2.24, 2.45) is 0 Å². The van der Waals surface area contributed by atoms with Crippen molar-refractivity contribution in [3.8, 4) is 5.75 Å². The molecule has 0 spiro atoms.